The summed E-state index contributed by atoms with van der Waals surface area (Å²) in [7, 11) is 0. The highest BCUT2D eigenvalue weighted by atomic mass is 16.5. The van der Waals surface area contributed by atoms with Crippen LogP contribution in [0.4, 0.5) is 17.1 Å². The summed E-state index contributed by atoms with van der Waals surface area (Å²) in [4.78, 5) is 30.4. The maximum atomic E-state index is 13.9. The van der Waals surface area contributed by atoms with E-state index in [1.165, 1.54) is 39.7 Å². The molecule has 4 heterocycles. The molecule has 0 saturated carbocycles. The van der Waals surface area contributed by atoms with Crippen LogP contribution < -0.4 is 14.9 Å². The third kappa shape index (κ3) is 4.55. The molecule has 1 saturated heterocycles. The molecule has 0 aromatic heterocycles. The Labute approximate surface area is 240 Å². The first-order chi connectivity index (χ1) is 20.1. The van der Waals surface area contributed by atoms with E-state index in [1.54, 1.807) is 12.2 Å². The van der Waals surface area contributed by atoms with Crippen LogP contribution in [0.5, 0.6) is 0 Å². The summed E-state index contributed by atoms with van der Waals surface area (Å²) in [6.07, 6.45) is 12.2. The quantitative estimate of drug-likeness (QED) is 0.279. The van der Waals surface area contributed by atoms with Crippen LogP contribution in [0.3, 0.4) is 0 Å². The van der Waals surface area contributed by atoms with Crippen LogP contribution >= 0.6 is 0 Å². The van der Waals surface area contributed by atoms with E-state index in [-0.39, 0.29) is 17.4 Å². The molecule has 6 nitrogen and oxygen atoms in total. The van der Waals surface area contributed by atoms with Crippen LogP contribution in [-0.4, -0.2) is 24.9 Å². The number of hydrazine groups is 1. The lowest BCUT2D eigenvalue weighted by atomic mass is 9.90. The maximum Gasteiger partial charge on any atom is 0.283 e. The van der Waals surface area contributed by atoms with Gasteiger partial charge in [-0.25, -0.2) is 10.0 Å². The number of benzene rings is 3. The number of nitrogens with zero attached hydrogens (tertiary/aromatic N) is 3. The van der Waals surface area contributed by atoms with Gasteiger partial charge in [0.05, 0.1) is 11.4 Å². The average molecular weight is 542 g/mol. The number of carbonyl (C=O) groups excluding carboxylic acids is 2. The van der Waals surface area contributed by atoms with Gasteiger partial charge in [0.2, 0.25) is 0 Å². The molecule has 204 valence electrons. The first-order valence-electron chi connectivity index (χ1n) is 14.3. The van der Waals surface area contributed by atoms with Crippen molar-refractivity contribution >= 4 is 35.0 Å². The fourth-order valence-corrected chi connectivity index (χ4v) is 6.33. The van der Waals surface area contributed by atoms with Crippen LogP contribution in [-0.2, 0) is 27.2 Å². The largest absolute Gasteiger partial charge is 0.462 e. The number of allylic oxidation sites excluding steroid dienone is 5. The number of rotatable bonds is 4. The smallest absolute Gasteiger partial charge is 0.283 e. The lowest BCUT2D eigenvalue weighted by Crippen LogP contribution is -2.41. The molecule has 7 rings (SSSR count). The van der Waals surface area contributed by atoms with Gasteiger partial charge in [-0.1, -0.05) is 42.5 Å². The molecule has 41 heavy (non-hydrogen) atoms. The first-order valence-corrected chi connectivity index (χ1v) is 14.3. The van der Waals surface area contributed by atoms with Gasteiger partial charge in [-0.2, -0.15) is 0 Å². The van der Waals surface area contributed by atoms with Crippen molar-refractivity contribution in [2.24, 2.45) is 0 Å². The fraction of sp³-hybridized carbons (Fsp3) is 0.200. The number of aryl methyl sites for hydroxylation is 2. The Balaban J connectivity index is 1.26. The Kier molecular flexibility index (Phi) is 6.31. The molecule has 3 aromatic rings. The highest BCUT2D eigenvalue weighted by Crippen LogP contribution is 2.37. The zero-order chi connectivity index (χ0) is 27.9. The predicted octanol–water partition coefficient (Wildman–Crippen LogP) is 6.51. The van der Waals surface area contributed by atoms with E-state index in [4.69, 9.17) is 4.74 Å². The van der Waals surface area contributed by atoms with Crippen LogP contribution in [0.1, 0.15) is 36.5 Å². The van der Waals surface area contributed by atoms with Crippen molar-refractivity contribution in [3.63, 3.8) is 0 Å². The van der Waals surface area contributed by atoms with E-state index >= 15 is 0 Å². The molecule has 3 aromatic carbocycles. The lowest BCUT2D eigenvalue weighted by molar-refractivity contribution is -0.116. The highest BCUT2D eigenvalue weighted by molar-refractivity contribution is 6.36. The Hall–Kier alpha value is -4.84. The predicted molar refractivity (Wildman–Crippen MR) is 162 cm³/mol. The number of hydrogen-bond donors (Lipinski definition) is 0. The normalized spacial score (nSPS) is 18.5. The van der Waals surface area contributed by atoms with Crippen molar-refractivity contribution in [3.05, 3.63) is 130 Å². The monoisotopic (exact) mass is 541 g/mol. The van der Waals surface area contributed by atoms with Crippen molar-refractivity contribution in [2.45, 2.75) is 32.6 Å². The van der Waals surface area contributed by atoms with Gasteiger partial charge in [0.1, 0.15) is 17.1 Å². The van der Waals surface area contributed by atoms with Gasteiger partial charge in [-0.15, -0.1) is 0 Å². The summed E-state index contributed by atoms with van der Waals surface area (Å²) in [5.41, 5.74) is 7.34. The van der Waals surface area contributed by atoms with Gasteiger partial charge in [0.25, 0.3) is 11.8 Å². The minimum atomic E-state index is -0.371. The van der Waals surface area contributed by atoms with Crippen molar-refractivity contribution in [1.82, 2.24) is 0 Å². The third-order valence-electron chi connectivity index (χ3n) is 8.03. The van der Waals surface area contributed by atoms with E-state index in [9.17, 15) is 9.59 Å². The van der Waals surface area contributed by atoms with Gasteiger partial charge >= 0.3 is 0 Å². The first kappa shape index (κ1) is 25.1. The SMILES string of the molecule is CC1=CC(=C2C(=O)N(c3ccccc3)N(c3ccccc3)C2=O)C=C(/C=C/c2cc3c4c(c2)CCCN4CCC3)O1. The number of anilines is 3. The number of hydrogen-bond acceptors (Lipinski definition) is 4. The standard InChI is InChI=1S/C35H31N3O3/c1-24-20-28(23-31(41-24)17-16-25-21-26-10-8-18-36-19-9-11-27(22-25)33(26)36)32-34(39)37(29-12-4-2-5-13-29)38(35(32)40)30-14-6-3-7-15-30/h2-7,12-17,20-23H,8-11,18-19H2,1H3/b17-16+. The van der Waals surface area contributed by atoms with Gasteiger partial charge in [0, 0.05) is 18.8 Å². The Bertz CT molecular complexity index is 1580. The molecule has 4 aliphatic rings. The summed E-state index contributed by atoms with van der Waals surface area (Å²) in [6, 6.07) is 23.1. The molecule has 0 aliphatic carbocycles. The van der Waals surface area contributed by atoms with Crippen LogP contribution in [0.15, 0.2) is 114 Å². The van der Waals surface area contributed by atoms with Gasteiger partial charge in [-0.3, -0.25) is 9.59 Å². The van der Waals surface area contributed by atoms with Gasteiger partial charge in [-0.05, 0) is 109 Å². The maximum absolute atomic E-state index is 13.9. The Morgan fingerprint density at radius 2 is 1.29 bits per heavy atom. The summed E-state index contributed by atoms with van der Waals surface area (Å²) >= 11 is 0. The second-order valence-electron chi connectivity index (χ2n) is 10.9. The third-order valence-corrected chi connectivity index (χ3v) is 8.03. The number of carbonyl (C=O) groups is 2. The molecule has 1 fully saturated rings. The summed E-state index contributed by atoms with van der Waals surface area (Å²) < 4.78 is 6.03. The molecular weight excluding hydrogens is 510 g/mol. The number of ether oxygens (including phenoxy) is 1. The number of para-hydroxylation sites is 2. The number of amides is 2. The van der Waals surface area contributed by atoms with Crippen molar-refractivity contribution < 1.29 is 14.3 Å². The highest BCUT2D eigenvalue weighted by Gasteiger charge is 2.44. The minimum absolute atomic E-state index is 0.115. The van der Waals surface area contributed by atoms with Crippen LogP contribution in [0.25, 0.3) is 6.08 Å². The minimum Gasteiger partial charge on any atom is -0.462 e. The molecular formula is C35H31N3O3. The Morgan fingerprint density at radius 1 is 0.732 bits per heavy atom. The van der Waals surface area contributed by atoms with Crippen molar-refractivity contribution in [2.75, 3.05) is 28.0 Å². The molecule has 4 aliphatic heterocycles. The van der Waals surface area contributed by atoms with E-state index in [2.05, 4.69) is 23.1 Å². The zero-order valence-corrected chi connectivity index (χ0v) is 23.0. The molecule has 0 N–H and O–H groups in total. The zero-order valence-electron chi connectivity index (χ0n) is 23.0. The van der Waals surface area contributed by atoms with Gasteiger partial charge < -0.3 is 9.64 Å². The van der Waals surface area contributed by atoms with E-state index in [1.807, 2.05) is 73.7 Å². The van der Waals surface area contributed by atoms with Crippen LogP contribution in [0.2, 0.25) is 0 Å². The average Bonchev–Trinajstić information content (AvgIpc) is 3.26. The van der Waals surface area contributed by atoms with Crippen LogP contribution in [0, 0.1) is 0 Å². The van der Waals surface area contributed by atoms with Crippen molar-refractivity contribution in [1.29, 1.82) is 0 Å². The van der Waals surface area contributed by atoms with Crippen molar-refractivity contribution in [3.8, 4) is 0 Å². The summed E-state index contributed by atoms with van der Waals surface area (Å²) in [6.45, 7) is 4.15. The van der Waals surface area contributed by atoms with E-state index in [0.717, 1.165) is 31.5 Å². The molecule has 6 heteroatoms. The summed E-state index contributed by atoms with van der Waals surface area (Å²) in [5.74, 6) is 0.467. The van der Waals surface area contributed by atoms with Gasteiger partial charge in [0.15, 0.2) is 0 Å². The molecule has 0 spiro atoms. The molecule has 2 amide bonds. The molecule has 0 radical (unpaired) electrons. The summed E-state index contributed by atoms with van der Waals surface area (Å²) in [5, 5.41) is 2.90. The second kappa shape index (κ2) is 10.3. The van der Waals surface area contributed by atoms with E-state index in [0.29, 0.717) is 28.5 Å². The Morgan fingerprint density at radius 3 is 1.85 bits per heavy atom. The second-order valence-corrected chi connectivity index (χ2v) is 10.9. The van der Waals surface area contributed by atoms with E-state index < -0.39 is 0 Å². The molecule has 0 unspecified atom stereocenters. The molecule has 0 bridgehead atoms. The molecule has 0 atom stereocenters. The topological polar surface area (TPSA) is 53.1 Å². The fourth-order valence-electron chi connectivity index (χ4n) is 6.33. The lowest BCUT2D eigenvalue weighted by Gasteiger charge is -2.37.